The molecule has 1 aromatic rings. The van der Waals surface area contributed by atoms with E-state index in [-0.39, 0.29) is 5.97 Å². The van der Waals surface area contributed by atoms with Gasteiger partial charge in [-0.1, -0.05) is 24.3 Å². The van der Waals surface area contributed by atoms with E-state index in [2.05, 4.69) is 0 Å². The van der Waals surface area contributed by atoms with Gasteiger partial charge in [0.15, 0.2) is 0 Å². The van der Waals surface area contributed by atoms with Gasteiger partial charge in [0, 0.05) is 5.56 Å². The van der Waals surface area contributed by atoms with Crippen LogP contribution in [0.15, 0.2) is 24.3 Å². The van der Waals surface area contributed by atoms with Gasteiger partial charge in [-0.15, -0.1) is 0 Å². The van der Waals surface area contributed by atoms with E-state index in [1.165, 1.54) is 0 Å². The summed E-state index contributed by atoms with van der Waals surface area (Å²) in [5, 5.41) is 0. The number of hydrogen-bond acceptors (Lipinski definition) is 3. The molecule has 2 rings (SSSR count). The number of esters is 1. The molecule has 0 bridgehead atoms. The van der Waals surface area contributed by atoms with Crippen molar-refractivity contribution in [2.45, 2.75) is 25.7 Å². The van der Waals surface area contributed by atoms with E-state index >= 15 is 0 Å². The van der Waals surface area contributed by atoms with E-state index in [0.717, 1.165) is 16.9 Å². The molecule has 0 N–H and O–H groups in total. The Kier molecular flexibility index (Phi) is 3.41. The van der Waals surface area contributed by atoms with Crippen LogP contribution in [0.3, 0.4) is 0 Å². The lowest BCUT2D eigenvalue weighted by molar-refractivity contribution is -0.149. The quantitative estimate of drug-likeness (QED) is 0.769. The summed E-state index contributed by atoms with van der Waals surface area (Å²) in [6.45, 7) is 4.15. The van der Waals surface area contributed by atoms with Crippen LogP contribution in [0.5, 0.6) is 5.75 Å². The Morgan fingerprint density at radius 1 is 1.44 bits per heavy atom. The topological polar surface area (TPSA) is 35.5 Å². The van der Waals surface area contributed by atoms with Crippen molar-refractivity contribution in [2.75, 3.05) is 13.7 Å². The van der Waals surface area contributed by atoms with Gasteiger partial charge in [-0.3, -0.25) is 4.79 Å². The highest BCUT2D eigenvalue weighted by Crippen LogP contribution is 2.40. The molecule has 0 heterocycles. The van der Waals surface area contributed by atoms with Crippen molar-refractivity contribution in [3.8, 4) is 5.75 Å². The third-order valence-electron chi connectivity index (χ3n) is 3.42. The molecule has 0 saturated carbocycles. The molecule has 96 valence electrons. The predicted molar refractivity (Wildman–Crippen MR) is 70.6 cm³/mol. The van der Waals surface area contributed by atoms with Crippen molar-refractivity contribution in [3.63, 3.8) is 0 Å². The van der Waals surface area contributed by atoms with Gasteiger partial charge >= 0.3 is 5.97 Å². The monoisotopic (exact) mass is 246 g/mol. The van der Waals surface area contributed by atoms with Crippen molar-refractivity contribution in [1.29, 1.82) is 0 Å². The zero-order valence-corrected chi connectivity index (χ0v) is 11.0. The van der Waals surface area contributed by atoms with Crippen molar-refractivity contribution < 1.29 is 14.3 Å². The van der Waals surface area contributed by atoms with Gasteiger partial charge in [-0.2, -0.15) is 0 Å². The Labute approximate surface area is 107 Å². The molecule has 0 radical (unpaired) electrons. The molecular weight excluding hydrogens is 228 g/mol. The van der Waals surface area contributed by atoms with Crippen LogP contribution in [-0.2, 0) is 14.9 Å². The van der Waals surface area contributed by atoms with Crippen LogP contribution in [0.4, 0.5) is 0 Å². The Hall–Kier alpha value is -1.77. The zero-order valence-electron chi connectivity index (χ0n) is 11.0. The lowest BCUT2D eigenvalue weighted by atomic mass is 9.74. The number of rotatable bonds is 3. The minimum atomic E-state index is -0.616. The lowest BCUT2D eigenvalue weighted by Crippen LogP contribution is -2.36. The first-order chi connectivity index (χ1) is 8.63. The van der Waals surface area contributed by atoms with Gasteiger partial charge in [-0.25, -0.2) is 0 Å². The summed E-state index contributed by atoms with van der Waals surface area (Å²) in [6, 6.07) is 5.78. The molecule has 1 atom stereocenters. The highest BCUT2D eigenvalue weighted by molar-refractivity contribution is 5.87. The van der Waals surface area contributed by atoms with Gasteiger partial charge in [0.25, 0.3) is 0 Å². The molecule has 0 aromatic heterocycles. The van der Waals surface area contributed by atoms with E-state index in [9.17, 15) is 4.79 Å². The first kappa shape index (κ1) is 12.7. The largest absolute Gasteiger partial charge is 0.496 e. The minimum Gasteiger partial charge on any atom is -0.496 e. The number of hydrogen-bond donors (Lipinski definition) is 0. The highest BCUT2D eigenvalue weighted by atomic mass is 16.5. The normalized spacial score (nSPS) is 21.3. The van der Waals surface area contributed by atoms with Gasteiger partial charge in [-0.05, 0) is 31.9 Å². The molecule has 3 heteroatoms. The standard InChI is InChI=1S/C15H18O3/c1-4-18-14(16)15(2)10-6-7-11-12(15)8-5-9-13(11)17-3/h5-9H,4,10H2,1-3H3. The predicted octanol–water partition coefficient (Wildman–Crippen LogP) is 2.93. The van der Waals surface area contributed by atoms with E-state index in [1.54, 1.807) is 7.11 Å². The second-order valence-corrected chi connectivity index (χ2v) is 4.58. The maximum atomic E-state index is 12.2. The minimum absolute atomic E-state index is 0.177. The van der Waals surface area contributed by atoms with Gasteiger partial charge in [0.2, 0.25) is 0 Å². The van der Waals surface area contributed by atoms with Crippen molar-refractivity contribution in [2.24, 2.45) is 0 Å². The Bertz CT molecular complexity index is 491. The van der Waals surface area contributed by atoms with E-state index in [0.29, 0.717) is 13.0 Å². The first-order valence-electron chi connectivity index (χ1n) is 6.14. The van der Waals surface area contributed by atoms with E-state index in [1.807, 2.05) is 44.2 Å². The smallest absolute Gasteiger partial charge is 0.316 e. The molecule has 1 aromatic carbocycles. The fourth-order valence-corrected chi connectivity index (χ4v) is 2.38. The number of carbonyl (C=O) groups is 1. The van der Waals surface area contributed by atoms with Gasteiger partial charge in [0.1, 0.15) is 5.75 Å². The van der Waals surface area contributed by atoms with Gasteiger partial charge < -0.3 is 9.47 Å². The Morgan fingerprint density at radius 2 is 2.22 bits per heavy atom. The molecule has 0 fully saturated rings. The summed E-state index contributed by atoms with van der Waals surface area (Å²) in [7, 11) is 1.64. The third kappa shape index (κ3) is 1.90. The number of fused-ring (bicyclic) bond motifs is 1. The molecule has 1 unspecified atom stereocenters. The summed E-state index contributed by atoms with van der Waals surface area (Å²) < 4.78 is 10.5. The fourth-order valence-electron chi connectivity index (χ4n) is 2.38. The maximum Gasteiger partial charge on any atom is 0.316 e. The molecule has 1 aliphatic carbocycles. The summed E-state index contributed by atoms with van der Waals surface area (Å²) in [5.41, 5.74) is 1.33. The van der Waals surface area contributed by atoms with Crippen molar-refractivity contribution in [3.05, 3.63) is 35.4 Å². The number of allylic oxidation sites excluding steroid dienone is 1. The number of methoxy groups -OCH3 is 1. The summed E-state index contributed by atoms with van der Waals surface area (Å²) >= 11 is 0. The van der Waals surface area contributed by atoms with Gasteiger partial charge in [0.05, 0.1) is 19.1 Å². The highest BCUT2D eigenvalue weighted by Gasteiger charge is 2.39. The van der Waals surface area contributed by atoms with E-state index < -0.39 is 5.41 Å². The fraction of sp³-hybridized carbons (Fsp3) is 0.400. The molecule has 18 heavy (non-hydrogen) atoms. The van der Waals surface area contributed by atoms with Crippen LogP contribution in [0, 0.1) is 0 Å². The molecule has 0 amide bonds. The molecule has 0 saturated heterocycles. The molecule has 1 aliphatic rings. The SMILES string of the molecule is CCOC(=O)C1(C)CC=Cc2c(OC)cccc21. The lowest BCUT2D eigenvalue weighted by Gasteiger charge is -2.31. The maximum absolute atomic E-state index is 12.2. The average Bonchev–Trinajstić information content (AvgIpc) is 2.39. The van der Waals surface area contributed by atoms with Crippen LogP contribution in [0.1, 0.15) is 31.4 Å². The summed E-state index contributed by atoms with van der Waals surface area (Å²) in [4.78, 5) is 12.2. The van der Waals surface area contributed by atoms with Crippen LogP contribution in [-0.4, -0.2) is 19.7 Å². The van der Waals surface area contributed by atoms with Crippen LogP contribution in [0.25, 0.3) is 6.08 Å². The van der Waals surface area contributed by atoms with Crippen molar-refractivity contribution >= 4 is 12.0 Å². The molecular formula is C15H18O3. The zero-order chi connectivity index (χ0) is 13.2. The summed E-state index contributed by atoms with van der Waals surface area (Å²) in [5.74, 6) is 0.614. The van der Waals surface area contributed by atoms with Crippen LogP contribution < -0.4 is 4.74 Å². The average molecular weight is 246 g/mol. The molecule has 0 aliphatic heterocycles. The van der Waals surface area contributed by atoms with E-state index in [4.69, 9.17) is 9.47 Å². The Balaban J connectivity index is 2.51. The van der Waals surface area contributed by atoms with Crippen LogP contribution in [0.2, 0.25) is 0 Å². The van der Waals surface area contributed by atoms with Crippen LogP contribution >= 0.6 is 0 Å². The molecule has 3 nitrogen and oxygen atoms in total. The number of ether oxygens (including phenoxy) is 2. The number of benzene rings is 1. The second-order valence-electron chi connectivity index (χ2n) is 4.58. The third-order valence-corrected chi connectivity index (χ3v) is 3.42. The second kappa shape index (κ2) is 4.84. The van der Waals surface area contributed by atoms with Crippen molar-refractivity contribution in [1.82, 2.24) is 0 Å². The number of carbonyl (C=O) groups excluding carboxylic acids is 1. The molecule has 0 spiro atoms. The Morgan fingerprint density at radius 3 is 2.89 bits per heavy atom. The first-order valence-corrected chi connectivity index (χ1v) is 6.14. The summed E-state index contributed by atoms with van der Waals surface area (Å²) in [6.07, 6.45) is 4.67.